The lowest BCUT2D eigenvalue weighted by atomic mass is 10.1. The van der Waals surface area contributed by atoms with Gasteiger partial charge in [-0.25, -0.2) is 0 Å². The molecule has 1 N–H and O–H groups in total. The van der Waals surface area contributed by atoms with Gasteiger partial charge in [-0.2, -0.15) is 0 Å². The van der Waals surface area contributed by atoms with Crippen molar-refractivity contribution in [2.45, 2.75) is 52.4 Å². The first-order chi connectivity index (χ1) is 16.5. The zero-order valence-electron chi connectivity index (χ0n) is 22.6. The third kappa shape index (κ3) is 9.14. The minimum atomic E-state index is -0.583. The fourth-order valence-corrected chi connectivity index (χ4v) is 4.07. The molecule has 0 bridgehead atoms. The summed E-state index contributed by atoms with van der Waals surface area (Å²) in [6.45, 7) is 13.8. The normalized spacial score (nSPS) is 17.8. The molecule has 2 unspecified atom stereocenters. The fraction of sp³-hybridized carbons (Fsp3) is 0.731. The van der Waals surface area contributed by atoms with E-state index in [1.165, 1.54) is 21.3 Å². The predicted molar refractivity (Wildman–Crippen MR) is 135 cm³/mol. The number of aliphatic hydroxyl groups is 1. The van der Waals surface area contributed by atoms with Crippen LogP contribution in [0.15, 0.2) is 12.1 Å². The summed E-state index contributed by atoms with van der Waals surface area (Å²) in [7, 11) is 4.59. The Morgan fingerprint density at radius 2 is 1.80 bits per heavy atom. The number of rotatable bonds is 12. The largest absolute Gasteiger partial charge is 0.493 e. The highest BCUT2D eigenvalue weighted by molar-refractivity contribution is 5.95. The number of carbonyl (C=O) groups excluding carboxylic acids is 1. The van der Waals surface area contributed by atoms with Gasteiger partial charge in [-0.15, -0.1) is 0 Å². The molecule has 2 atom stereocenters. The standard InChI is InChI=1S/C26H44N2O7/c1-18(2)13-28(25(30)19-11-22(31-6)24(33-8)23(12-19)32-7)16-21-15-27(9-10-34-21)14-20(29)17-35-26(3,4)5/h11-12,18,20-21,29H,9-10,13-17H2,1-8H3. The molecule has 1 aliphatic heterocycles. The van der Waals surface area contributed by atoms with Crippen molar-refractivity contribution in [2.75, 3.05) is 67.3 Å². The van der Waals surface area contributed by atoms with Crippen molar-refractivity contribution in [1.29, 1.82) is 0 Å². The molecule has 200 valence electrons. The number of benzene rings is 1. The minimum Gasteiger partial charge on any atom is -0.493 e. The van der Waals surface area contributed by atoms with Crippen LogP contribution in [0.5, 0.6) is 17.2 Å². The molecule has 0 saturated carbocycles. The first kappa shape index (κ1) is 29.2. The second-order valence-electron chi connectivity index (χ2n) is 10.3. The van der Waals surface area contributed by atoms with E-state index in [4.69, 9.17) is 23.7 Å². The lowest BCUT2D eigenvalue weighted by Crippen LogP contribution is -2.51. The van der Waals surface area contributed by atoms with Gasteiger partial charge in [0, 0.05) is 38.3 Å². The van der Waals surface area contributed by atoms with E-state index in [9.17, 15) is 9.90 Å². The van der Waals surface area contributed by atoms with Crippen molar-refractivity contribution in [3.8, 4) is 17.2 Å². The van der Waals surface area contributed by atoms with Crippen molar-refractivity contribution >= 4 is 5.91 Å². The van der Waals surface area contributed by atoms with Crippen LogP contribution in [-0.2, 0) is 9.47 Å². The van der Waals surface area contributed by atoms with Gasteiger partial charge >= 0.3 is 0 Å². The zero-order chi connectivity index (χ0) is 26.2. The molecule has 0 aliphatic carbocycles. The number of β-amino-alcohol motifs (C(OH)–C–C–N with tert-alkyl or cyclic N) is 1. The number of methoxy groups -OCH3 is 3. The monoisotopic (exact) mass is 496 g/mol. The van der Waals surface area contributed by atoms with Gasteiger partial charge in [-0.1, -0.05) is 13.8 Å². The summed E-state index contributed by atoms with van der Waals surface area (Å²) < 4.78 is 28.0. The van der Waals surface area contributed by atoms with Crippen LogP contribution >= 0.6 is 0 Å². The second-order valence-corrected chi connectivity index (χ2v) is 10.3. The average Bonchev–Trinajstić information content (AvgIpc) is 2.80. The summed E-state index contributed by atoms with van der Waals surface area (Å²) >= 11 is 0. The van der Waals surface area contributed by atoms with Gasteiger partial charge < -0.3 is 33.7 Å². The third-order valence-corrected chi connectivity index (χ3v) is 5.61. The van der Waals surface area contributed by atoms with Gasteiger partial charge in [0.2, 0.25) is 5.75 Å². The quantitative estimate of drug-likeness (QED) is 0.473. The van der Waals surface area contributed by atoms with Gasteiger partial charge in [0.15, 0.2) is 11.5 Å². The first-order valence-corrected chi connectivity index (χ1v) is 12.2. The van der Waals surface area contributed by atoms with E-state index in [0.29, 0.717) is 55.6 Å². The lowest BCUT2D eigenvalue weighted by molar-refractivity contribution is -0.0783. The summed E-state index contributed by atoms with van der Waals surface area (Å²) in [5, 5.41) is 10.4. The number of amides is 1. The van der Waals surface area contributed by atoms with Crippen molar-refractivity contribution < 1.29 is 33.6 Å². The molecule has 1 aliphatic rings. The van der Waals surface area contributed by atoms with Crippen molar-refractivity contribution in [3.05, 3.63) is 17.7 Å². The molecule has 1 fully saturated rings. The summed E-state index contributed by atoms with van der Waals surface area (Å²) in [5.41, 5.74) is 0.168. The van der Waals surface area contributed by atoms with E-state index in [0.717, 1.165) is 6.54 Å². The Morgan fingerprint density at radius 1 is 1.17 bits per heavy atom. The number of aliphatic hydroxyl groups excluding tert-OH is 1. The maximum absolute atomic E-state index is 13.6. The van der Waals surface area contributed by atoms with Crippen LogP contribution in [0.1, 0.15) is 45.0 Å². The number of ether oxygens (including phenoxy) is 5. The molecule has 1 aromatic carbocycles. The van der Waals surface area contributed by atoms with Crippen LogP contribution in [-0.4, -0.2) is 106 Å². The zero-order valence-corrected chi connectivity index (χ0v) is 22.6. The second kappa shape index (κ2) is 13.3. The smallest absolute Gasteiger partial charge is 0.254 e. The van der Waals surface area contributed by atoms with Gasteiger partial charge in [-0.05, 0) is 38.8 Å². The van der Waals surface area contributed by atoms with Crippen molar-refractivity contribution in [1.82, 2.24) is 9.80 Å². The van der Waals surface area contributed by atoms with E-state index >= 15 is 0 Å². The number of morpholine rings is 1. The van der Waals surface area contributed by atoms with Crippen LogP contribution < -0.4 is 14.2 Å². The Hall–Kier alpha value is -2.07. The molecule has 0 radical (unpaired) electrons. The molecule has 1 heterocycles. The molecule has 0 spiro atoms. The summed E-state index contributed by atoms with van der Waals surface area (Å²) in [4.78, 5) is 17.6. The summed E-state index contributed by atoms with van der Waals surface area (Å²) in [6.07, 6.45) is -0.746. The first-order valence-electron chi connectivity index (χ1n) is 12.2. The van der Waals surface area contributed by atoms with E-state index in [1.807, 2.05) is 25.7 Å². The summed E-state index contributed by atoms with van der Waals surface area (Å²) in [6, 6.07) is 3.35. The van der Waals surface area contributed by atoms with Crippen molar-refractivity contribution in [2.24, 2.45) is 5.92 Å². The fourth-order valence-electron chi connectivity index (χ4n) is 4.07. The van der Waals surface area contributed by atoms with Gasteiger partial charge in [0.1, 0.15) is 0 Å². The average molecular weight is 497 g/mol. The van der Waals surface area contributed by atoms with Crippen LogP contribution in [0.25, 0.3) is 0 Å². The van der Waals surface area contributed by atoms with Crippen LogP contribution in [0.4, 0.5) is 0 Å². The van der Waals surface area contributed by atoms with Crippen LogP contribution in [0.3, 0.4) is 0 Å². The predicted octanol–water partition coefficient (Wildman–Crippen LogP) is 2.69. The molecule has 1 aromatic rings. The Morgan fingerprint density at radius 3 is 2.31 bits per heavy atom. The topological polar surface area (TPSA) is 89.9 Å². The Balaban J connectivity index is 2.12. The third-order valence-electron chi connectivity index (χ3n) is 5.61. The maximum atomic E-state index is 13.6. The Bertz CT molecular complexity index is 784. The van der Waals surface area contributed by atoms with E-state index in [1.54, 1.807) is 12.1 Å². The van der Waals surface area contributed by atoms with Gasteiger partial charge in [0.05, 0.1) is 52.4 Å². The number of nitrogens with zero attached hydrogens (tertiary/aromatic N) is 2. The van der Waals surface area contributed by atoms with Crippen molar-refractivity contribution in [3.63, 3.8) is 0 Å². The molecule has 0 aromatic heterocycles. The SMILES string of the molecule is COc1cc(C(=O)N(CC(C)C)CC2CN(CC(O)COC(C)(C)C)CCO2)cc(OC)c1OC. The molecule has 1 saturated heterocycles. The maximum Gasteiger partial charge on any atom is 0.254 e. The highest BCUT2D eigenvalue weighted by Gasteiger charge is 2.28. The molecular weight excluding hydrogens is 452 g/mol. The van der Waals surface area contributed by atoms with E-state index in [2.05, 4.69) is 18.7 Å². The lowest BCUT2D eigenvalue weighted by Gasteiger charge is -2.37. The highest BCUT2D eigenvalue weighted by Crippen LogP contribution is 2.38. The molecule has 9 heteroatoms. The molecule has 9 nitrogen and oxygen atoms in total. The molecular formula is C26H44N2O7. The number of hydrogen-bond donors (Lipinski definition) is 1. The minimum absolute atomic E-state index is 0.128. The van der Waals surface area contributed by atoms with Gasteiger partial charge in [0.25, 0.3) is 5.91 Å². The van der Waals surface area contributed by atoms with Crippen LogP contribution in [0.2, 0.25) is 0 Å². The number of hydrogen-bond acceptors (Lipinski definition) is 8. The van der Waals surface area contributed by atoms with E-state index in [-0.39, 0.29) is 30.1 Å². The summed E-state index contributed by atoms with van der Waals surface area (Å²) in [5.74, 6) is 1.47. The van der Waals surface area contributed by atoms with Gasteiger partial charge in [-0.3, -0.25) is 9.69 Å². The Kier molecular flexibility index (Phi) is 11.1. The van der Waals surface area contributed by atoms with Crippen LogP contribution in [0, 0.1) is 5.92 Å². The molecule has 1 amide bonds. The Labute approximate surface area is 210 Å². The number of carbonyl (C=O) groups is 1. The van der Waals surface area contributed by atoms with E-state index < -0.39 is 6.10 Å². The molecule has 2 rings (SSSR count). The molecule has 35 heavy (non-hydrogen) atoms. The highest BCUT2D eigenvalue weighted by atomic mass is 16.5.